The van der Waals surface area contributed by atoms with Gasteiger partial charge in [-0.1, -0.05) is 66.2 Å². The summed E-state index contributed by atoms with van der Waals surface area (Å²) in [4.78, 5) is 6.74. The van der Waals surface area contributed by atoms with Crippen LogP contribution in [-0.2, 0) is 19.6 Å². The molecule has 0 aliphatic carbocycles. The molecule has 0 saturated heterocycles. The van der Waals surface area contributed by atoms with Crippen LogP contribution in [0.15, 0.2) is 79.4 Å². The van der Waals surface area contributed by atoms with E-state index in [4.69, 9.17) is 0 Å². The number of imidazole rings is 1. The lowest BCUT2D eigenvalue weighted by atomic mass is 10.0. The zero-order valence-corrected chi connectivity index (χ0v) is 17.4. The lowest BCUT2D eigenvalue weighted by Crippen LogP contribution is -2.25. The van der Waals surface area contributed by atoms with Crippen LogP contribution in [-0.4, -0.2) is 21.0 Å². The predicted octanol–water partition coefficient (Wildman–Crippen LogP) is 5.75. The lowest BCUT2D eigenvalue weighted by molar-refractivity contribution is 0.249. The SMILES string of the molecule is Cc1ccc(C)c(CN(CCCn2ccnc2)Cc2cccc3ccccc23)c1. The monoisotopic (exact) mass is 383 g/mol. The van der Waals surface area contributed by atoms with E-state index >= 15 is 0 Å². The molecule has 3 nitrogen and oxygen atoms in total. The first-order valence-electron chi connectivity index (χ1n) is 10.4. The van der Waals surface area contributed by atoms with Crippen molar-refractivity contribution in [2.45, 2.75) is 39.9 Å². The lowest BCUT2D eigenvalue weighted by Gasteiger charge is -2.24. The minimum atomic E-state index is 0.957. The molecule has 0 atom stereocenters. The Kier molecular flexibility index (Phi) is 6.06. The van der Waals surface area contributed by atoms with Crippen molar-refractivity contribution in [2.24, 2.45) is 0 Å². The molecule has 0 bridgehead atoms. The maximum absolute atomic E-state index is 4.16. The number of benzene rings is 3. The summed E-state index contributed by atoms with van der Waals surface area (Å²) in [6, 6.07) is 22.1. The third-order valence-corrected chi connectivity index (χ3v) is 5.62. The molecule has 4 aromatic rings. The maximum atomic E-state index is 4.16. The van der Waals surface area contributed by atoms with Crippen LogP contribution in [0.4, 0.5) is 0 Å². The normalized spacial score (nSPS) is 11.4. The third kappa shape index (κ3) is 4.93. The fourth-order valence-electron chi connectivity index (χ4n) is 3.99. The van der Waals surface area contributed by atoms with Crippen LogP contribution < -0.4 is 0 Å². The van der Waals surface area contributed by atoms with Crippen molar-refractivity contribution in [2.75, 3.05) is 6.54 Å². The smallest absolute Gasteiger partial charge is 0.0945 e. The molecule has 0 aliphatic rings. The van der Waals surface area contributed by atoms with Crippen molar-refractivity contribution >= 4 is 10.8 Å². The molecule has 0 unspecified atom stereocenters. The Morgan fingerprint density at radius 2 is 1.72 bits per heavy atom. The van der Waals surface area contributed by atoms with Gasteiger partial charge in [0.15, 0.2) is 0 Å². The molecular formula is C26H29N3. The van der Waals surface area contributed by atoms with E-state index < -0.39 is 0 Å². The maximum Gasteiger partial charge on any atom is 0.0945 e. The van der Waals surface area contributed by atoms with Crippen molar-refractivity contribution in [1.29, 1.82) is 0 Å². The van der Waals surface area contributed by atoms with Crippen LogP contribution in [0.25, 0.3) is 10.8 Å². The summed E-state index contributed by atoms with van der Waals surface area (Å²) in [6.45, 7) is 8.38. The summed E-state index contributed by atoms with van der Waals surface area (Å²) in [6.07, 6.45) is 6.90. The molecule has 1 heterocycles. The summed E-state index contributed by atoms with van der Waals surface area (Å²) in [7, 11) is 0. The van der Waals surface area contributed by atoms with Gasteiger partial charge in [0, 0.05) is 38.6 Å². The molecule has 3 heteroatoms. The van der Waals surface area contributed by atoms with E-state index in [0.717, 1.165) is 32.6 Å². The van der Waals surface area contributed by atoms with Crippen LogP contribution in [0.2, 0.25) is 0 Å². The van der Waals surface area contributed by atoms with Gasteiger partial charge in [-0.3, -0.25) is 4.90 Å². The minimum Gasteiger partial charge on any atom is -0.337 e. The van der Waals surface area contributed by atoms with Gasteiger partial charge in [-0.25, -0.2) is 4.98 Å². The van der Waals surface area contributed by atoms with Gasteiger partial charge in [-0.15, -0.1) is 0 Å². The second-order valence-electron chi connectivity index (χ2n) is 7.93. The van der Waals surface area contributed by atoms with Gasteiger partial charge in [0.1, 0.15) is 0 Å². The van der Waals surface area contributed by atoms with Crippen LogP contribution in [0.3, 0.4) is 0 Å². The standard InChI is InChI=1S/C26H29N3/c1-21-11-12-22(2)25(17-21)19-29(15-6-14-28-16-13-27-20-28)18-24-9-5-8-23-7-3-4-10-26(23)24/h3-5,7-13,16-17,20H,6,14-15,18-19H2,1-2H3. The highest BCUT2D eigenvalue weighted by Crippen LogP contribution is 2.22. The number of hydrogen-bond acceptors (Lipinski definition) is 2. The number of rotatable bonds is 8. The van der Waals surface area contributed by atoms with Gasteiger partial charge in [0.2, 0.25) is 0 Å². The summed E-state index contributed by atoms with van der Waals surface area (Å²) >= 11 is 0. The summed E-state index contributed by atoms with van der Waals surface area (Å²) in [5, 5.41) is 2.67. The Bertz CT molecular complexity index is 1060. The third-order valence-electron chi connectivity index (χ3n) is 5.62. The molecule has 0 amide bonds. The van der Waals surface area contributed by atoms with Gasteiger partial charge < -0.3 is 4.57 Å². The summed E-state index contributed by atoms with van der Waals surface area (Å²) in [5.41, 5.74) is 5.52. The predicted molar refractivity (Wildman–Crippen MR) is 121 cm³/mol. The Balaban J connectivity index is 1.55. The molecule has 3 aromatic carbocycles. The highest BCUT2D eigenvalue weighted by molar-refractivity contribution is 5.85. The number of nitrogens with zero attached hydrogens (tertiary/aromatic N) is 3. The molecular weight excluding hydrogens is 354 g/mol. The first-order chi connectivity index (χ1) is 14.2. The zero-order valence-electron chi connectivity index (χ0n) is 17.4. The number of aryl methyl sites for hydroxylation is 3. The number of fused-ring (bicyclic) bond motifs is 1. The molecule has 0 saturated carbocycles. The van der Waals surface area contributed by atoms with Crippen molar-refractivity contribution in [1.82, 2.24) is 14.5 Å². The average molecular weight is 384 g/mol. The highest BCUT2D eigenvalue weighted by Gasteiger charge is 2.11. The molecule has 0 spiro atoms. The highest BCUT2D eigenvalue weighted by atomic mass is 15.1. The molecule has 0 N–H and O–H groups in total. The summed E-state index contributed by atoms with van der Waals surface area (Å²) in [5.74, 6) is 0. The minimum absolute atomic E-state index is 0.957. The van der Waals surface area contributed by atoms with Gasteiger partial charge in [-0.2, -0.15) is 0 Å². The van der Waals surface area contributed by atoms with E-state index in [2.05, 4.69) is 89.0 Å². The van der Waals surface area contributed by atoms with E-state index in [1.54, 1.807) is 0 Å². The summed E-state index contributed by atoms with van der Waals surface area (Å²) < 4.78 is 2.16. The van der Waals surface area contributed by atoms with E-state index in [-0.39, 0.29) is 0 Å². The topological polar surface area (TPSA) is 21.1 Å². The van der Waals surface area contributed by atoms with E-state index in [1.807, 2.05) is 18.7 Å². The Morgan fingerprint density at radius 3 is 2.59 bits per heavy atom. The first kappa shape index (κ1) is 19.4. The number of aromatic nitrogens is 2. The van der Waals surface area contributed by atoms with Crippen LogP contribution in [0, 0.1) is 13.8 Å². The van der Waals surface area contributed by atoms with Crippen molar-refractivity contribution in [3.63, 3.8) is 0 Å². The zero-order chi connectivity index (χ0) is 20.1. The Hall–Kier alpha value is -2.91. The van der Waals surface area contributed by atoms with Gasteiger partial charge in [0.25, 0.3) is 0 Å². The molecule has 0 radical (unpaired) electrons. The molecule has 148 valence electrons. The molecule has 4 rings (SSSR count). The van der Waals surface area contributed by atoms with Crippen LogP contribution in [0.1, 0.15) is 28.7 Å². The molecule has 29 heavy (non-hydrogen) atoms. The second kappa shape index (κ2) is 9.06. The first-order valence-corrected chi connectivity index (χ1v) is 10.4. The van der Waals surface area contributed by atoms with Crippen LogP contribution in [0.5, 0.6) is 0 Å². The number of hydrogen-bond donors (Lipinski definition) is 0. The van der Waals surface area contributed by atoms with E-state index in [0.29, 0.717) is 0 Å². The largest absolute Gasteiger partial charge is 0.337 e. The Labute approximate surface area is 173 Å². The fourth-order valence-corrected chi connectivity index (χ4v) is 3.99. The Morgan fingerprint density at radius 1 is 0.897 bits per heavy atom. The van der Waals surface area contributed by atoms with E-state index in [1.165, 1.54) is 33.0 Å². The molecule has 0 fully saturated rings. The quantitative estimate of drug-likeness (QED) is 0.386. The molecule has 0 aliphatic heterocycles. The van der Waals surface area contributed by atoms with Crippen LogP contribution >= 0.6 is 0 Å². The van der Waals surface area contributed by atoms with Crippen molar-refractivity contribution in [3.8, 4) is 0 Å². The average Bonchev–Trinajstić information content (AvgIpc) is 3.24. The van der Waals surface area contributed by atoms with E-state index in [9.17, 15) is 0 Å². The van der Waals surface area contributed by atoms with Gasteiger partial charge in [0.05, 0.1) is 6.33 Å². The van der Waals surface area contributed by atoms with Gasteiger partial charge >= 0.3 is 0 Å². The second-order valence-corrected chi connectivity index (χ2v) is 7.93. The van der Waals surface area contributed by atoms with Crippen molar-refractivity contribution < 1.29 is 0 Å². The van der Waals surface area contributed by atoms with Gasteiger partial charge in [-0.05, 0) is 47.7 Å². The fraction of sp³-hybridized carbons (Fsp3) is 0.269. The molecule has 1 aromatic heterocycles. The van der Waals surface area contributed by atoms with Crippen molar-refractivity contribution in [3.05, 3.63) is 102 Å².